The van der Waals surface area contributed by atoms with Crippen molar-refractivity contribution in [2.45, 2.75) is 56.8 Å². The van der Waals surface area contributed by atoms with Gasteiger partial charge in [-0.2, -0.15) is 0 Å². The molecule has 0 radical (unpaired) electrons. The fourth-order valence-electron chi connectivity index (χ4n) is 7.75. The van der Waals surface area contributed by atoms with Gasteiger partial charge < -0.3 is 49.7 Å². The molecule has 3 aliphatic rings. The molecule has 0 bridgehead atoms. The van der Waals surface area contributed by atoms with Crippen molar-refractivity contribution < 1.29 is 33.4 Å². The average Bonchev–Trinajstić information content (AvgIpc) is 4.07. The van der Waals surface area contributed by atoms with Crippen molar-refractivity contribution in [3.8, 4) is 11.3 Å². The highest BCUT2D eigenvalue weighted by atomic mass is 16.5. The normalized spacial score (nSPS) is 19.4. The van der Waals surface area contributed by atoms with Crippen molar-refractivity contribution in [2.24, 2.45) is 0 Å². The zero-order valence-electron chi connectivity index (χ0n) is 31.6. The van der Waals surface area contributed by atoms with Crippen LogP contribution in [0.5, 0.6) is 0 Å². The minimum absolute atomic E-state index is 0.0763. The summed E-state index contributed by atoms with van der Waals surface area (Å²) in [5.74, 6) is 0.707. The van der Waals surface area contributed by atoms with E-state index in [0.29, 0.717) is 43.5 Å². The number of imidazole rings is 2. The molecule has 7 rings (SSSR count). The number of ether oxygens (including phenoxy) is 2. The van der Waals surface area contributed by atoms with Gasteiger partial charge in [0.1, 0.15) is 24.5 Å². The molecule has 3 fully saturated rings. The zero-order valence-corrected chi connectivity index (χ0v) is 31.6. The molecule has 294 valence electrons. The second-order valence-corrected chi connectivity index (χ2v) is 14.1. The molecule has 0 unspecified atom stereocenters. The molecule has 56 heavy (non-hydrogen) atoms. The Labute approximate surface area is 323 Å². The SMILES string of the molecule is COC(=O)N[C@H](C)C(=O)N1CCC[C@H]1c1cnc(N2CCN(c3ccc(-c4cnc([C@@H]5CCCN5C(=O)[C@H](NC(=O)OC)c5ccccc5)[nH]4)cc3)C(=O)C2)[nH]1. The van der Waals surface area contributed by atoms with Crippen molar-refractivity contribution in [3.05, 3.63) is 84.1 Å². The maximum absolute atomic E-state index is 13.9. The van der Waals surface area contributed by atoms with Crippen LogP contribution in [0.15, 0.2) is 67.0 Å². The van der Waals surface area contributed by atoms with Crippen LogP contribution < -0.4 is 20.4 Å². The van der Waals surface area contributed by atoms with Gasteiger partial charge in [0, 0.05) is 31.9 Å². The molecule has 2 aromatic carbocycles. The monoisotopic (exact) mass is 766 g/mol. The number of hydrogen-bond acceptors (Lipinski definition) is 10. The summed E-state index contributed by atoms with van der Waals surface area (Å²) in [5, 5.41) is 5.23. The number of amides is 5. The highest BCUT2D eigenvalue weighted by Crippen LogP contribution is 2.35. The first-order valence-electron chi connectivity index (χ1n) is 18.8. The van der Waals surface area contributed by atoms with Gasteiger partial charge in [0.25, 0.3) is 5.91 Å². The molecule has 0 spiro atoms. The highest BCUT2D eigenvalue weighted by molar-refractivity contribution is 5.97. The van der Waals surface area contributed by atoms with Crippen LogP contribution in [0.3, 0.4) is 0 Å². The van der Waals surface area contributed by atoms with Crippen molar-refractivity contribution in [2.75, 3.05) is 56.7 Å². The van der Waals surface area contributed by atoms with Gasteiger partial charge in [0.2, 0.25) is 17.8 Å². The van der Waals surface area contributed by atoms with E-state index < -0.39 is 24.3 Å². The van der Waals surface area contributed by atoms with E-state index in [-0.39, 0.29) is 36.3 Å². The van der Waals surface area contributed by atoms with Gasteiger partial charge in [-0.15, -0.1) is 0 Å². The van der Waals surface area contributed by atoms with Crippen LogP contribution in [-0.4, -0.2) is 113 Å². The molecule has 4 N–H and O–H groups in total. The van der Waals surface area contributed by atoms with E-state index in [2.05, 4.69) is 35.3 Å². The lowest BCUT2D eigenvalue weighted by Crippen LogP contribution is -2.51. The third-order valence-corrected chi connectivity index (χ3v) is 10.7. The Morgan fingerprint density at radius 1 is 0.786 bits per heavy atom. The van der Waals surface area contributed by atoms with Gasteiger partial charge >= 0.3 is 12.2 Å². The van der Waals surface area contributed by atoms with E-state index in [0.717, 1.165) is 48.3 Å². The van der Waals surface area contributed by atoms with Crippen molar-refractivity contribution in [1.82, 2.24) is 40.4 Å². The lowest BCUT2D eigenvalue weighted by atomic mass is 10.1. The van der Waals surface area contributed by atoms with Crippen LogP contribution in [0.4, 0.5) is 21.2 Å². The predicted octanol–water partition coefficient (Wildman–Crippen LogP) is 3.82. The lowest BCUT2D eigenvalue weighted by molar-refractivity contribution is -0.135. The number of H-pyrrole nitrogens is 2. The van der Waals surface area contributed by atoms with Gasteiger partial charge in [0.05, 0.1) is 50.1 Å². The summed E-state index contributed by atoms with van der Waals surface area (Å²) >= 11 is 0. The Morgan fingerprint density at radius 2 is 1.46 bits per heavy atom. The van der Waals surface area contributed by atoms with Gasteiger partial charge in [-0.1, -0.05) is 42.5 Å². The van der Waals surface area contributed by atoms with Gasteiger partial charge in [-0.25, -0.2) is 19.6 Å². The summed E-state index contributed by atoms with van der Waals surface area (Å²) in [6, 6.07) is 14.6. The number of nitrogens with one attached hydrogen (secondary N) is 4. The summed E-state index contributed by atoms with van der Waals surface area (Å²) < 4.78 is 9.45. The Hall–Kier alpha value is -6.39. The van der Waals surface area contributed by atoms with E-state index >= 15 is 0 Å². The number of methoxy groups -OCH3 is 2. The Balaban J connectivity index is 0.971. The number of aromatic nitrogens is 4. The fourth-order valence-corrected chi connectivity index (χ4v) is 7.75. The third-order valence-electron chi connectivity index (χ3n) is 10.7. The summed E-state index contributed by atoms with van der Waals surface area (Å²) in [6.45, 7) is 3.85. The van der Waals surface area contributed by atoms with Crippen molar-refractivity contribution in [1.29, 1.82) is 0 Å². The third kappa shape index (κ3) is 7.87. The van der Waals surface area contributed by atoms with Crippen molar-refractivity contribution >= 4 is 41.5 Å². The standard InChI is InChI=1S/C39H46N10O7/c1-24(42-38(53)55-2)35(51)48-17-7-11-30(48)29-22-41-37(44-29)46-19-20-47(32(50)23-46)27-15-13-25(14-16-27)28-21-40-34(43-28)31-12-8-18-49(31)36(52)33(45-39(54)56-3)26-9-5-4-6-10-26/h4-6,9-10,13-16,21-22,24,30-31,33H,7-8,11-12,17-20,23H2,1-3H3,(H,40,43)(H,41,44)(H,42,53)(H,45,54)/t24-,30+,31+,33-/m1/s1. The molecule has 4 aromatic rings. The Kier molecular flexibility index (Phi) is 11.2. The topological polar surface area (TPSA) is 198 Å². The van der Waals surface area contributed by atoms with Crippen LogP contribution in [0.2, 0.25) is 0 Å². The molecule has 5 amide bonds. The number of likely N-dealkylation sites (tertiary alicyclic amines) is 2. The molecule has 0 aliphatic carbocycles. The quantitative estimate of drug-likeness (QED) is 0.184. The van der Waals surface area contributed by atoms with Crippen LogP contribution in [0.25, 0.3) is 11.3 Å². The van der Waals surface area contributed by atoms with Crippen LogP contribution in [-0.2, 0) is 23.9 Å². The summed E-state index contributed by atoms with van der Waals surface area (Å²) in [4.78, 5) is 87.4. The molecule has 2 aromatic heterocycles. The maximum atomic E-state index is 13.9. The molecule has 17 heteroatoms. The first kappa shape index (κ1) is 37.9. The van der Waals surface area contributed by atoms with E-state index in [1.165, 1.54) is 14.2 Å². The average molecular weight is 767 g/mol. The minimum Gasteiger partial charge on any atom is -0.453 e. The van der Waals surface area contributed by atoms with E-state index in [9.17, 15) is 24.0 Å². The fraction of sp³-hybridized carbons (Fsp3) is 0.410. The number of carbonyl (C=O) groups excluding carboxylic acids is 5. The molecular weight excluding hydrogens is 720 g/mol. The Morgan fingerprint density at radius 3 is 2.16 bits per heavy atom. The maximum Gasteiger partial charge on any atom is 0.407 e. The first-order valence-corrected chi connectivity index (χ1v) is 18.8. The van der Waals surface area contributed by atoms with Crippen LogP contribution in [0.1, 0.15) is 67.8 Å². The van der Waals surface area contributed by atoms with E-state index in [4.69, 9.17) is 4.74 Å². The second kappa shape index (κ2) is 16.5. The molecule has 3 aliphatic heterocycles. The van der Waals surface area contributed by atoms with Crippen LogP contribution >= 0.6 is 0 Å². The molecule has 3 saturated heterocycles. The minimum atomic E-state index is -0.902. The van der Waals surface area contributed by atoms with Crippen molar-refractivity contribution in [3.63, 3.8) is 0 Å². The number of anilines is 2. The predicted molar refractivity (Wildman–Crippen MR) is 204 cm³/mol. The number of nitrogens with zero attached hydrogens (tertiary/aromatic N) is 6. The van der Waals surface area contributed by atoms with Gasteiger partial charge in [0.15, 0.2) is 0 Å². The van der Waals surface area contributed by atoms with Gasteiger partial charge in [-0.3, -0.25) is 14.4 Å². The molecule has 4 atom stereocenters. The summed E-state index contributed by atoms with van der Waals surface area (Å²) in [7, 11) is 2.52. The molecule has 17 nitrogen and oxygen atoms in total. The smallest absolute Gasteiger partial charge is 0.407 e. The summed E-state index contributed by atoms with van der Waals surface area (Å²) in [6.07, 6.45) is 5.20. The molecule has 0 saturated carbocycles. The largest absolute Gasteiger partial charge is 0.453 e. The second-order valence-electron chi connectivity index (χ2n) is 14.1. The number of alkyl carbamates (subject to hydrolysis) is 2. The van der Waals surface area contributed by atoms with Crippen LogP contribution in [0, 0.1) is 0 Å². The number of carbonyl (C=O) groups is 5. The number of piperazine rings is 1. The van der Waals surface area contributed by atoms with Gasteiger partial charge in [-0.05, 0) is 55.9 Å². The number of hydrogen-bond donors (Lipinski definition) is 4. The first-order chi connectivity index (χ1) is 27.1. The van der Waals surface area contributed by atoms with E-state index in [1.807, 2.05) is 47.4 Å². The van der Waals surface area contributed by atoms with E-state index in [1.54, 1.807) is 46.1 Å². The number of rotatable bonds is 10. The molecule has 5 heterocycles. The highest BCUT2D eigenvalue weighted by Gasteiger charge is 2.38. The lowest BCUT2D eigenvalue weighted by Gasteiger charge is -2.34. The Bertz CT molecular complexity index is 2050. The zero-order chi connectivity index (χ0) is 39.3. The molecular formula is C39H46N10O7. The number of benzene rings is 2. The number of aromatic amines is 2. The summed E-state index contributed by atoms with van der Waals surface area (Å²) in [5.41, 5.74) is 3.86.